The molecular formula is C22H27F3N4O3S. The number of nitrogens with one attached hydrogen (secondary N) is 2. The van der Waals surface area contributed by atoms with Gasteiger partial charge in [0.05, 0.1) is 10.5 Å². The number of pyridine rings is 1. The standard InChI is InChI=1S/C22H27F3N4O3S/c23-22(24,25)19-5-4-12-27-21(19)28-14-13-26-20(30)11-8-17-6-9-18(10-7-17)33(31,32)29-15-2-1-3-16-29/h4-7,9-10,12H,1-3,8,11,13-16H2,(H,26,30)(H,27,28). The first-order chi connectivity index (χ1) is 15.7. The van der Waals surface area contributed by atoms with Gasteiger partial charge in [-0.15, -0.1) is 0 Å². The molecule has 2 aromatic rings. The molecule has 1 amide bonds. The zero-order chi connectivity index (χ0) is 23.9. The Morgan fingerprint density at radius 1 is 1.03 bits per heavy atom. The number of halogens is 3. The molecule has 180 valence electrons. The Balaban J connectivity index is 1.42. The van der Waals surface area contributed by atoms with Crippen molar-refractivity contribution in [3.8, 4) is 0 Å². The van der Waals surface area contributed by atoms with E-state index in [1.54, 1.807) is 24.3 Å². The average molecular weight is 485 g/mol. The molecule has 1 fully saturated rings. The van der Waals surface area contributed by atoms with Crippen molar-refractivity contribution in [3.63, 3.8) is 0 Å². The van der Waals surface area contributed by atoms with Gasteiger partial charge in [0.2, 0.25) is 15.9 Å². The predicted octanol–water partition coefficient (Wildman–Crippen LogP) is 3.44. The number of piperidine rings is 1. The van der Waals surface area contributed by atoms with Gasteiger partial charge < -0.3 is 10.6 Å². The normalized spacial score (nSPS) is 15.2. The van der Waals surface area contributed by atoms with Crippen molar-refractivity contribution in [1.29, 1.82) is 0 Å². The lowest BCUT2D eigenvalue weighted by molar-refractivity contribution is -0.137. The van der Waals surface area contributed by atoms with Crippen LogP contribution in [-0.2, 0) is 27.4 Å². The molecule has 1 aromatic carbocycles. The summed E-state index contributed by atoms with van der Waals surface area (Å²) in [5.41, 5.74) is -0.0359. The quantitative estimate of drug-likeness (QED) is 0.532. The second-order valence-electron chi connectivity index (χ2n) is 7.78. The number of aromatic nitrogens is 1. The highest BCUT2D eigenvalue weighted by atomic mass is 32.2. The molecule has 0 radical (unpaired) electrons. The summed E-state index contributed by atoms with van der Waals surface area (Å²) in [5, 5.41) is 5.24. The number of hydrogen-bond acceptors (Lipinski definition) is 5. The number of nitrogens with zero attached hydrogens (tertiary/aromatic N) is 2. The molecule has 11 heteroatoms. The molecule has 0 saturated carbocycles. The molecule has 1 aromatic heterocycles. The highest BCUT2D eigenvalue weighted by Crippen LogP contribution is 2.33. The largest absolute Gasteiger partial charge is 0.419 e. The molecule has 1 aliphatic rings. The van der Waals surface area contributed by atoms with Crippen molar-refractivity contribution in [2.45, 2.75) is 43.2 Å². The number of aryl methyl sites for hydroxylation is 1. The highest BCUT2D eigenvalue weighted by Gasteiger charge is 2.34. The van der Waals surface area contributed by atoms with Crippen molar-refractivity contribution in [1.82, 2.24) is 14.6 Å². The molecule has 0 aliphatic carbocycles. The van der Waals surface area contributed by atoms with Crippen LogP contribution in [0.5, 0.6) is 0 Å². The predicted molar refractivity (Wildman–Crippen MR) is 118 cm³/mol. The maximum Gasteiger partial charge on any atom is 0.419 e. The highest BCUT2D eigenvalue weighted by molar-refractivity contribution is 7.89. The van der Waals surface area contributed by atoms with Crippen LogP contribution in [0.2, 0.25) is 0 Å². The summed E-state index contributed by atoms with van der Waals surface area (Å²) >= 11 is 0. The van der Waals surface area contributed by atoms with Gasteiger partial charge in [0.15, 0.2) is 0 Å². The van der Waals surface area contributed by atoms with Crippen molar-refractivity contribution < 1.29 is 26.4 Å². The fraction of sp³-hybridized carbons (Fsp3) is 0.455. The fourth-order valence-corrected chi connectivity index (χ4v) is 5.10. The SMILES string of the molecule is O=C(CCc1ccc(S(=O)(=O)N2CCCCC2)cc1)NCCNc1ncccc1C(F)(F)F. The maximum atomic E-state index is 12.9. The number of sulfonamides is 1. The molecule has 0 spiro atoms. The minimum absolute atomic E-state index is 0.0922. The molecule has 3 rings (SSSR count). The van der Waals surface area contributed by atoms with E-state index in [4.69, 9.17) is 0 Å². The smallest absolute Gasteiger partial charge is 0.368 e. The summed E-state index contributed by atoms with van der Waals surface area (Å²) in [6.45, 7) is 1.31. The van der Waals surface area contributed by atoms with E-state index in [1.807, 2.05) is 0 Å². The fourth-order valence-electron chi connectivity index (χ4n) is 3.59. The number of rotatable bonds is 9. The Labute approximate surface area is 191 Å². The van der Waals surface area contributed by atoms with E-state index in [0.717, 1.165) is 30.9 Å². The van der Waals surface area contributed by atoms with Gasteiger partial charge in [0.25, 0.3) is 0 Å². The van der Waals surface area contributed by atoms with Crippen LogP contribution in [-0.4, -0.2) is 49.8 Å². The van der Waals surface area contributed by atoms with Crippen LogP contribution >= 0.6 is 0 Å². The van der Waals surface area contributed by atoms with Crippen LogP contribution in [0.1, 0.15) is 36.8 Å². The molecule has 1 aliphatic heterocycles. The third kappa shape index (κ3) is 6.91. The van der Waals surface area contributed by atoms with E-state index >= 15 is 0 Å². The van der Waals surface area contributed by atoms with Gasteiger partial charge in [0.1, 0.15) is 5.82 Å². The topological polar surface area (TPSA) is 91.4 Å². The van der Waals surface area contributed by atoms with Crippen molar-refractivity contribution in [2.24, 2.45) is 0 Å². The Bertz CT molecular complexity index is 1040. The van der Waals surface area contributed by atoms with Gasteiger partial charge in [0, 0.05) is 38.8 Å². The van der Waals surface area contributed by atoms with Crippen molar-refractivity contribution >= 4 is 21.7 Å². The minimum Gasteiger partial charge on any atom is -0.368 e. The van der Waals surface area contributed by atoms with E-state index in [0.29, 0.717) is 19.5 Å². The van der Waals surface area contributed by atoms with Crippen LogP contribution in [0.4, 0.5) is 19.0 Å². The van der Waals surface area contributed by atoms with Gasteiger partial charge in [-0.1, -0.05) is 18.6 Å². The second kappa shape index (κ2) is 11.0. The van der Waals surface area contributed by atoms with Gasteiger partial charge in [-0.3, -0.25) is 4.79 Å². The number of amides is 1. The second-order valence-corrected chi connectivity index (χ2v) is 9.72. The maximum absolute atomic E-state index is 12.9. The van der Waals surface area contributed by atoms with Gasteiger partial charge in [-0.05, 0) is 49.1 Å². The third-order valence-corrected chi connectivity index (χ3v) is 7.28. The van der Waals surface area contributed by atoms with Gasteiger partial charge in [-0.2, -0.15) is 17.5 Å². The number of carbonyl (C=O) groups is 1. The first-order valence-corrected chi connectivity index (χ1v) is 12.2. The van der Waals surface area contributed by atoms with Crippen molar-refractivity contribution in [3.05, 3.63) is 53.7 Å². The van der Waals surface area contributed by atoms with Gasteiger partial charge in [-0.25, -0.2) is 13.4 Å². The van der Waals surface area contributed by atoms with Crippen LogP contribution in [0.3, 0.4) is 0 Å². The number of carbonyl (C=O) groups excluding carboxylic acids is 1. The Kier molecular flexibility index (Phi) is 8.30. The summed E-state index contributed by atoms with van der Waals surface area (Å²) in [4.78, 5) is 16.0. The third-order valence-electron chi connectivity index (χ3n) is 5.37. The summed E-state index contributed by atoms with van der Waals surface area (Å²) in [5.74, 6) is -0.530. The van der Waals surface area contributed by atoms with E-state index in [9.17, 15) is 26.4 Å². The number of anilines is 1. The van der Waals surface area contributed by atoms with Gasteiger partial charge >= 0.3 is 6.18 Å². The first-order valence-electron chi connectivity index (χ1n) is 10.8. The van der Waals surface area contributed by atoms with E-state index in [-0.39, 0.29) is 36.1 Å². The first kappa shape index (κ1) is 25.0. The summed E-state index contributed by atoms with van der Waals surface area (Å²) in [7, 11) is -3.49. The molecule has 33 heavy (non-hydrogen) atoms. The minimum atomic E-state index is -4.51. The lowest BCUT2D eigenvalue weighted by atomic mass is 10.1. The molecule has 2 heterocycles. The van der Waals surface area contributed by atoms with E-state index < -0.39 is 21.8 Å². The molecule has 0 bridgehead atoms. The monoisotopic (exact) mass is 484 g/mol. The summed E-state index contributed by atoms with van der Waals surface area (Å²) in [6, 6.07) is 8.68. The Morgan fingerprint density at radius 3 is 2.39 bits per heavy atom. The van der Waals surface area contributed by atoms with Crippen molar-refractivity contribution in [2.75, 3.05) is 31.5 Å². The molecule has 0 unspecified atom stereocenters. The zero-order valence-corrected chi connectivity index (χ0v) is 18.9. The lowest BCUT2D eigenvalue weighted by Crippen LogP contribution is -2.35. The number of benzene rings is 1. The Hall–Kier alpha value is -2.66. The lowest BCUT2D eigenvalue weighted by Gasteiger charge is -2.25. The van der Waals surface area contributed by atoms with E-state index in [1.165, 1.54) is 16.6 Å². The zero-order valence-electron chi connectivity index (χ0n) is 18.1. The van der Waals surface area contributed by atoms with Crippen LogP contribution in [0.15, 0.2) is 47.5 Å². The molecular weight excluding hydrogens is 457 g/mol. The number of alkyl halides is 3. The molecule has 1 saturated heterocycles. The van der Waals surface area contributed by atoms with Crippen LogP contribution < -0.4 is 10.6 Å². The summed E-state index contributed by atoms with van der Waals surface area (Å²) in [6.07, 6.45) is 0.125. The van der Waals surface area contributed by atoms with Crippen LogP contribution in [0, 0.1) is 0 Å². The molecule has 2 N–H and O–H groups in total. The average Bonchev–Trinajstić information content (AvgIpc) is 2.81. The van der Waals surface area contributed by atoms with E-state index in [2.05, 4.69) is 15.6 Å². The number of hydrogen-bond donors (Lipinski definition) is 2. The summed E-state index contributed by atoms with van der Waals surface area (Å²) < 4.78 is 65.7. The van der Waals surface area contributed by atoms with Crippen LogP contribution in [0.25, 0.3) is 0 Å². The molecule has 7 nitrogen and oxygen atoms in total. The molecule has 0 atom stereocenters. The Morgan fingerprint density at radius 2 is 1.73 bits per heavy atom.